The first-order chi connectivity index (χ1) is 9.67. The van der Waals surface area contributed by atoms with E-state index >= 15 is 0 Å². The van der Waals surface area contributed by atoms with Crippen LogP contribution in [-0.2, 0) is 9.84 Å². The van der Waals surface area contributed by atoms with Crippen LogP contribution in [0.1, 0.15) is 53.4 Å². The maximum Gasteiger partial charge on any atom is 0.191 e. The Bertz CT molecular complexity index is 423. The molecular formula is C15H34IN3O2S. The number of aliphatic imine (C=N–C) groups is 1. The van der Waals surface area contributed by atoms with Crippen LogP contribution < -0.4 is 10.6 Å². The van der Waals surface area contributed by atoms with Gasteiger partial charge in [-0.2, -0.15) is 0 Å². The predicted octanol–water partition coefficient (Wildman–Crippen LogP) is 2.81. The summed E-state index contributed by atoms with van der Waals surface area (Å²) in [6, 6.07) is 0. The molecule has 0 aromatic carbocycles. The largest absolute Gasteiger partial charge is 0.356 e. The SMILES string of the molecule is CCCCC(CC)CNC(=NC)NCC(C)(C)S(C)(=O)=O.I. The highest BCUT2D eigenvalue weighted by Crippen LogP contribution is 2.13. The van der Waals surface area contributed by atoms with Gasteiger partial charge >= 0.3 is 0 Å². The Labute approximate surface area is 154 Å². The second kappa shape index (κ2) is 11.5. The standard InChI is InChI=1S/C15H33N3O2S.HI/c1-7-9-10-13(8-2)11-17-14(16-5)18-12-15(3,4)21(6,19)20;/h13H,7-12H2,1-6H3,(H2,16,17,18);1H. The normalized spacial score (nSPS) is 14.2. The van der Waals surface area contributed by atoms with Crippen molar-refractivity contribution in [3.8, 4) is 0 Å². The lowest BCUT2D eigenvalue weighted by Gasteiger charge is -2.25. The van der Waals surface area contributed by atoms with Gasteiger partial charge in [0.05, 0.1) is 4.75 Å². The Balaban J connectivity index is 0. The van der Waals surface area contributed by atoms with E-state index in [0.717, 1.165) is 13.0 Å². The van der Waals surface area contributed by atoms with Crippen molar-refractivity contribution in [1.29, 1.82) is 0 Å². The van der Waals surface area contributed by atoms with E-state index in [9.17, 15) is 8.42 Å². The summed E-state index contributed by atoms with van der Waals surface area (Å²) in [6.07, 6.45) is 6.08. The second-order valence-electron chi connectivity index (χ2n) is 6.26. The van der Waals surface area contributed by atoms with Gasteiger partial charge in [0, 0.05) is 26.4 Å². The number of hydrogen-bond donors (Lipinski definition) is 2. The first-order valence-electron chi connectivity index (χ1n) is 7.82. The molecule has 0 aliphatic heterocycles. The van der Waals surface area contributed by atoms with Crippen molar-refractivity contribution < 1.29 is 8.42 Å². The lowest BCUT2D eigenvalue weighted by Crippen LogP contribution is -2.48. The summed E-state index contributed by atoms with van der Waals surface area (Å²) in [6.45, 7) is 9.06. The van der Waals surface area contributed by atoms with Gasteiger partial charge in [-0.15, -0.1) is 24.0 Å². The maximum absolute atomic E-state index is 11.7. The average molecular weight is 447 g/mol. The molecule has 0 heterocycles. The molecule has 0 saturated heterocycles. The highest BCUT2D eigenvalue weighted by molar-refractivity contribution is 14.0. The number of nitrogens with one attached hydrogen (secondary N) is 2. The summed E-state index contributed by atoms with van der Waals surface area (Å²) in [5.41, 5.74) is 0. The molecule has 5 nitrogen and oxygen atoms in total. The minimum absolute atomic E-state index is 0. The van der Waals surface area contributed by atoms with Crippen LogP contribution in [0, 0.1) is 5.92 Å². The van der Waals surface area contributed by atoms with Gasteiger partial charge in [0.15, 0.2) is 15.8 Å². The molecule has 0 bridgehead atoms. The molecule has 1 atom stereocenters. The Morgan fingerprint density at radius 1 is 1.23 bits per heavy atom. The second-order valence-corrected chi connectivity index (χ2v) is 8.90. The van der Waals surface area contributed by atoms with Crippen LogP contribution in [0.5, 0.6) is 0 Å². The highest BCUT2D eigenvalue weighted by atomic mass is 127. The van der Waals surface area contributed by atoms with Crippen molar-refractivity contribution in [1.82, 2.24) is 10.6 Å². The highest BCUT2D eigenvalue weighted by Gasteiger charge is 2.30. The van der Waals surface area contributed by atoms with Crippen LogP contribution in [0.4, 0.5) is 0 Å². The monoisotopic (exact) mass is 447 g/mol. The van der Waals surface area contributed by atoms with Crippen LogP contribution in [0.15, 0.2) is 4.99 Å². The third-order valence-corrected chi connectivity index (χ3v) is 6.16. The minimum atomic E-state index is -3.10. The van der Waals surface area contributed by atoms with Crippen molar-refractivity contribution in [2.24, 2.45) is 10.9 Å². The van der Waals surface area contributed by atoms with Gasteiger partial charge in [0.1, 0.15) is 0 Å². The van der Waals surface area contributed by atoms with Gasteiger partial charge in [-0.25, -0.2) is 8.42 Å². The van der Waals surface area contributed by atoms with E-state index in [1.54, 1.807) is 20.9 Å². The summed E-state index contributed by atoms with van der Waals surface area (Å²) in [5.74, 6) is 1.30. The smallest absolute Gasteiger partial charge is 0.191 e. The van der Waals surface area contributed by atoms with Crippen molar-refractivity contribution in [2.45, 2.75) is 58.1 Å². The van der Waals surface area contributed by atoms with E-state index in [-0.39, 0.29) is 24.0 Å². The number of guanidine groups is 1. The fraction of sp³-hybridized carbons (Fsp3) is 0.933. The van der Waals surface area contributed by atoms with Crippen molar-refractivity contribution in [2.75, 3.05) is 26.4 Å². The first kappa shape index (κ1) is 24.2. The fourth-order valence-corrected chi connectivity index (χ4v) is 2.17. The molecule has 0 amide bonds. The van der Waals surface area contributed by atoms with Gasteiger partial charge < -0.3 is 10.6 Å². The predicted molar refractivity (Wildman–Crippen MR) is 107 cm³/mol. The van der Waals surface area contributed by atoms with E-state index in [1.807, 2.05) is 0 Å². The molecule has 22 heavy (non-hydrogen) atoms. The van der Waals surface area contributed by atoms with Crippen LogP contribution >= 0.6 is 24.0 Å². The molecule has 0 rings (SSSR count). The average Bonchev–Trinajstić information content (AvgIpc) is 2.40. The molecule has 0 aliphatic rings. The summed E-state index contributed by atoms with van der Waals surface area (Å²) in [7, 11) is -1.40. The molecule has 0 aromatic heterocycles. The minimum Gasteiger partial charge on any atom is -0.356 e. The number of nitrogens with zero attached hydrogens (tertiary/aromatic N) is 1. The Morgan fingerprint density at radius 3 is 2.23 bits per heavy atom. The quantitative estimate of drug-likeness (QED) is 0.324. The molecule has 7 heteroatoms. The molecule has 0 aromatic rings. The summed E-state index contributed by atoms with van der Waals surface area (Å²) in [5, 5.41) is 6.41. The van der Waals surface area contributed by atoms with Gasteiger partial charge in [-0.1, -0.05) is 33.1 Å². The summed E-state index contributed by atoms with van der Waals surface area (Å²) >= 11 is 0. The molecule has 0 spiro atoms. The Kier molecular flexibility index (Phi) is 12.6. The molecule has 0 aliphatic carbocycles. The molecule has 0 saturated carbocycles. The zero-order valence-electron chi connectivity index (χ0n) is 14.9. The Hall–Kier alpha value is -0.0500. The lowest BCUT2D eigenvalue weighted by atomic mass is 9.99. The Morgan fingerprint density at radius 2 is 1.82 bits per heavy atom. The number of hydrogen-bond acceptors (Lipinski definition) is 3. The maximum atomic E-state index is 11.7. The molecule has 1 unspecified atom stereocenters. The zero-order valence-corrected chi connectivity index (χ0v) is 18.0. The third kappa shape index (κ3) is 9.17. The van der Waals surface area contributed by atoms with Crippen LogP contribution in [0.25, 0.3) is 0 Å². The lowest BCUT2D eigenvalue weighted by molar-refractivity contribution is 0.443. The zero-order chi connectivity index (χ0) is 16.5. The van der Waals surface area contributed by atoms with Crippen molar-refractivity contribution >= 4 is 39.8 Å². The van der Waals surface area contributed by atoms with E-state index in [2.05, 4.69) is 29.5 Å². The van der Waals surface area contributed by atoms with Crippen LogP contribution in [-0.4, -0.2) is 45.5 Å². The van der Waals surface area contributed by atoms with E-state index in [1.165, 1.54) is 25.5 Å². The van der Waals surface area contributed by atoms with Gasteiger partial charge in [0.25, 0.3) is 0 Å². The number of rotatable bonds is 9. The van der Waals surface area contributed by atoms with Gasteiger partial charge in [0.2, 0.25) is 0 Å². The molecule has 2 N–H and O–H groups in total. The van der Waals surface area contributed by atoms with E-state index < -0.39 is 14.6 Å². The van der Waals surface area contributed by atoms with Crippen LogP contribution in [0.3, 0.4) is 0 Å². The number of halogens is 1. The molecule has 0 radical (unpaired) electrons. The van der Waals surface area contributed by atoms with E-state index in [4.69, 9.17) is 0 Å². The van der Waals surface area contributed by atoms with Crippen molar-refractivity contribution in [3.05, 3.63) is 0 Å². The fourth-order valence-electron chi connectivity index (χ4n) is 1.83. The molecule has 134 valence electrons. The summed E-state index contributed by atoms with van der Waals surface area (Å²) in [4.78, 5) is 4.16. The van der Waals surface area contributed by atoms with Crippen LogP contribution in [0.2, 0.25) is 0 Å². The van der Waals surface area contributed by atoms with Gasteiger partial charge in [-0.3, -0.25) is 4.99 Å². The first-order valence-corrected chi connectivity index (χ1v) is 9.71. The number of sulfone groups is 1. The molecule has 0 fully saturated rings. The van der Waals surface area contributed by atoms with Gasteiger partial charge in [-0.05, 0) is 26.2 Å². The number of unbranched alkanes of at least 4 members (excludes halogenated alkanes) is 1. The van der Waals surface area contributed by atoms with E-state index in [0.29, 0.717) is 18.4 Å². The topological polar surface area (TPSA) is 70.6 Å². The summed E-state index contributed by atoms with van der Waals surface area (Å²) < 4.78 is 22.6. The third-order valence-electron chi connectivity index (χ3n) is 4.01. The van der Waals surface area contributed by atoms with Crippen molar-refractivity contribution in [3.63, 3.8) is 0 Å². The molecular weight excluding hydrogens is 413 g/mol.